The van der Waals surface area contributed by atoms with Crippen molar-refractivity contribution in [2.45, 2.75) is 11.8 Å². The van der Waals surface area contributed by atoms with Gasteiger partial charge in [-0.3, -0.25) is 0 Å². The topological polar surface area (TPSA) is 97.5 Å². The zero-order valence-corrected chi connectivity index (χ0v) is 9.26. The van der Waals surface area contributed by atoms with Crippen LogP contribution in [0.4, 0.5) is 0 Å². The first kappa shape index (κ1) is 12.0. The van der Waals surface area contributed by atoms with Crippen molar-refractivity contribution in [1.82, 2.24) is 0 Å². The quantitative estimate of drug-likeness (QED) is 0.817. The smallest absolute Gasteiger partial charge is 0.337 e. The van der Waals surface area contributed by atoms with Gasteiger partial charge < -0.3 is 5.11 Å². The molecular weight excluding hydrogens is 242 g/mol. The highest BCUT2D eigenvalue weighted by Gasteiger charge is 2.17. The molecule has 1 rings (SSSR count). The SMILES string of the molecule is Cc1cc(Cl)c(C(=O)O)cc1S(N)(=O)=O. The zero-order valence-electron chi connectivity index (χ0n) is 7.69. The number of rotatable bonds is 2. The van der Waals surface area contributed by atoms with E-state index in [1.807, 2.05) is 0 Å². The Morgan fingerprint density at radius 3 is 2.40 bits per heavy atom. The Morgan fingerprint density at radius 1 is 1.47 bits per heavy atom. The largest absolute Gasteiger partial charge is 0.478 e. The summed E-state index contributed by atoms with van der Waals surface area (Å²) in [5.41, 5.74) is 0.0267. The molecule has 0 amide bonds. The summed E-state index contributed by atoms with van der Waals surface area (Å²) in [5, 5.41) is 13.6. The maximum atomic E-state index is 11.1. The minimum absolute atomic E-state index is 0.0209. The van der Waals surface area contributed by atoms with E-state index >= 15 is 0 Å². The highest BCUT2D eigenvalue weighted by Crippen LogP contribution is 2.23. The monoisotopic (exact) mass is 249 g/mol. The fourth-order valence-electron chi connectivity index (χ4n) is 1.12. The number of nitrogens with two attached hydrogens (primary N) is 1. The number of hydrogen-bond donors (Lipinski definition) is 2. The Hall–Kier alpha value is -1.11. The molecule has 0 saturated carbocycles. The average Bonchev–Trinajstić information content (AvgIpc) is 2.00. The first-order chi connectivity index (χ1) is 6.73. The van der Waals surface area contributed by atoms with Crippen LogP contribution in [0.2, 0.25) is 5.02 Å². The van der Waals surface area contributed by atoms with Gasteiger partial charge in [-0.05, 0) is 24.6 Å². The van der Waals surface area contributed by atoms with Crippen LogP contribution in [0.5, 0.6) is 0 Å². The van der Waals surface area contributed by atoms with Crippen LogP contribution in [0.3, 0.4) is 0 Å². The van der Waals surface area contributed by atoms with E-state index < -0.39 is 16.0 Å². The molecule has 0 aromatic heterocycles. The molecule has 0 bridgehead atoms. The summed E-state index contributed by atoms with van der Waals surface area (Å²) in [6.07, 6.45) is 0. The molecule has 0 aliphatic rings. The fourth-order valence-corrected chi connectivity index (χ4v) is 2.21. The van der Waals surface area contributed by atoms with Gasteiger partial charge in [-0.25, -0.2) is 18.4 Å². The number of aromatic carboxylic acids is 1. The average molecular weight is 250 g/mol. The van der Waals surface area contributed by atoms with E-state index in [9.17, 15) is 13.2 Å². The van der Waals surface area contributed by atoms with Crippen LogP contribution >= 0.6 is 11.6 Å². The van der Waals surface area contributed by atoms with Crippen LogP contribution in [0.15, 0.2) is 17.0 Å². The van der Waals surface area contributed by atoms with Crippen LogP contribution in [-0.2, 0) is 10.0 Å². The van der Waals surface area contributed by atoms with Gasteiger partial charge in [0.15, 0.2) is 0 Å². The standard InChI is InChI=1S/C8H8ClNO4S/c1-4-2-6(9)5(8(11)12)3-7(4)15(10,13)14/h2-3H,1H3,(H,11,12)(H2,10,13,14). The molecule has 15 heavy (non-hydrogen) atoms. The van der Waals surface area contributed by atoms with Crippen molar-refractivity contribution in [3.8, 4) is 0 Å². The first-order valence-corrected chi connectivity index (χ1v) is 5.72. The Morgan fingerprint density at radius 2 is 2.00 bits per heavy atom. The number of primary sulfonamides is 1. The molecule has 0 radical (unpaired) electrons. The molecule has 0 saturated heterocycles. The molecule has 82 valence electrons. The van der Waals surface area contributed by atoms with Crippen molar-refractivity contribution >= 4 is 27.6 Å². The molecular formula is C8H8ClNO4S. The molecule has 5 nitrogen and oxygen atoms in total. The highest BCUT2D eigenvalue weighted by molar-refractivity contribution is 7.89. The molecule has 3 N–H and O–H groups in total. The number of aryl methyl sites for hydroxylation is 1. The first-order valence-electron chi connectivity index (χ1n) is 3.79. The second kappa shape index (κ2) is 3.80. The molecule has 1 aromatic carbocycles. The Kier molecular flexibility index (Phi) is 3.03. The summed E-state index contributed by atoms with van der Waals surface area (Å²) in [6, 6.07) is 2.21. The van der Waals surface area contributed by atoms with Gasteiger partial charge in [-0.15, -0.1) is 0 Å². The third kappa shape index (κ3) is 2.47. The molecule has 0 aliphatic heterocycles. The third-order valence-corrected chi connectivity index (χ3v) is 3.17. The molecule has 1 aromatic rings. The van der Waals surface area contributed by atoms with E-state index in [-0.39, 0.29) is 15.5 Å². The molecule has 0 unspecified atom stereocenters. The number of carbonyl (C=O) groups is 1. The van der Waals surface area contributed by atoms with Gasteiger partial charge in [-0.1, -0.05) is 11.6 Å². The number of carboxylic acid groups (broad SMARTS) is 1. The molecule has 7 heteroatoms. The number of carboxylic acids is 1. The van der Waals surface area contributed by atoms with E-state index in [1.54, 1.807) is 0 Å². The number of sulfonamides is 1. The summed E-state index contributed by atoms with van der Waals surface area (Å²) in [7, 11) is -3.93. The minimum atomic E-state index is -3.93. The second-order valence-electron chi connectivity index (χ2n) is 2.95. The lowest BCUT2D eigenvalue weighted by Crippen LogP contribution is -2.15. The lowest BCUT2D eigenvalue weighted by atomic mass is 10.1. The Labute approximate surface area is 91.5 Å². The Balaban J connectivity index is 3.58. The van der Waals surface area contributed by atoms with Crippen LogP contribution in [0.1, 0.15) is 15.9 Å². The summed E-state index contributed by atoms with van der Waals surface area (Å²) >= 11 is 5.63. The molecule has 0 fully saturated rings. The van der Waals surface area contributed by atoms with E-state index in [2.05, 4.69) is 0 Å². The van der Waals surface area contributed by atoms with Gasteiger partial charge in [0.25, 0.3) is 0 Å². The maximum Gasteiger partial charge on any atom is 0.337 e. The minimum Gasteiger partial charge on any atom is -0.478 e. The van der Waals surface area contributed by atoms with Crippen LogP contribution in [-0.4, -0.2) is 19.5 Å². The predicted octanol–water partition coefficient (Wildman–Crippen LogP) is 0.994. The molecule has 0 aliphatic carbocycles. The summed E-state index contributed by atoms with van der Waals surface area (Å²) in [4.78, 5) is 10.5. The van der Waals surface area contributed by atoms with Gasteiger partial charge in [-0.2, -0.15) is 0 Å². The number of hydrogen-bond acceptors (Lipinski definition) is 3. The van der Waals surface area contributed by atoms with Crippen molar-refractivity contribution in [2.75, 3.05) is 0 Å². The van der Waals surface area contributed by atoms with Gasteiger partial charge in [0.05, 0.1) is 15.5 Å². The van der Waals surface area contributed by atoms with Crippen molar-refractivity contribution in [3.05, 3.63) is 28.3 Å². The number of benzene rings is 1. The second-order valence-corrected chi connectivity index (χ2v) is 4.88. The zero-order chi connectivity index (χ0) is 11.8. The maximum absolute atomic E-state index is 11.1. The Bertz CT molecular complexity index is 524. The van der Waals surface area contributed by atoms with E-state index in [0.717, 1.165) is 6.07 Å². The lowest BCUT2D eigenvalue weighted by Gasteiger charge is -2.06. The van der Waals surface area contributed by atoms with Gasteiger partial charge in [0.2, 0.25) is 10.0 Å². The summed E-state index contributed by atoms with van der Waals surface area (Å²) in [5.74, 6) is -1.30. The van der Waals surface area contributed by atoms with Gasteiger partial charge >= 0.3 is 5.97 Å². The molecule has 0 spiro atoms. The normalized spacial score (nSPS) is 11.4. The summed E-state index contributed by atoms with van der Waals surface area (Å²) < 4.78 is 22.2. The van der Waals surface area contributed by atoms with Crippen molar-refractivity contribution in [3.63, 3.8) is 0 Å². The summed E-state index contributed by atoms with van der Waals surface area (Å²) in [6.45, 7) is 1.48. The van der Waals surface area contributed by atoms with Crippen LogP contribution in [0.25, 0.3) is 0 Å². The van der Waals surface area contributed by atoms with Crippen molar-refractivity contribution in [2.24, 2.45) is 5.14 Å². The molecule has 0 heterocycles. The van der Waals surface area contributed by atoms with E-state index in [1.165, 1.54) is 13.0 Å². The van der Waals surface area contributed by atoms with Crippen molar-refractivity contribution in [1.29, 1.82) is 0 Å². The number of halogens is 1. The third-order valence-electron chi connectivity index (χ3n) is 1.80. The fraction of sp³-hybridized carbons (Fsp3) is 0.125. The highest BCUT2D eigenvalue weighted by atomic mass is 35.5. The van der Waals surface area contributed by atoms with Crippen LogP contribution < -0.4 is 5.14 Å². The van der Waals surface area contributed by atoms with Crippen molar-refractivity contribution < 1.29 is 18.3 Å². The predicted molar refractivity (Wildman–Crippen MR) is 54.5 cm³/mol. The van der Waals surface area contributed by atoms with E-state index in [4.69, 9.17) is 21.8 Å². The molecule has 0 atom stereocenters. The van der Waals surface area contributed by atoms with E-state index in [0.29, 0.717) is 5.56 Å². The van der Waals surface area contributed by atoms with Crippen LogP contribution in [0, 0.1) is 6.92 Å². The van der Waals surface area contributed by atoms with Gasteiger partial charge in [0.1, 0.15) is 0 Å². The van der Waals surface area contributed by atoms with Gasteiger partial charge in [0, 0.05) is 0 Å². The lowest BCUT2D eigenvalue weighted by molar-refractivity contribution is 0.0697.